The van der Waals surface area contributed by atoms with Crippen molar-refractivity contribution in [2.75, 3.05) is 13.7 Å². The van der Waals surface area contributed by atoms with E-state index in [4.69, 9.17) is 8.92 Å². The van der Waals surface area contributed by atoms with Crippen molar-refractivity contribution in [3.8, 4) is 5.75 Å². The monoisotopic (exact) mass is 300 g/mol. The number of methoxy groups -OCH3 is 1. The molecule has 0 N–H and O–H groups in total. The highest BCUT2D eigenvalue weighted by atomic mass is 32.2. The van der Waals surface area contributed by atoms with Crippen LogP contribution in [0.25, 0.3) is 0 Å². The number of Topliss-reactive ketones (excluding diaryl/α,β-unsaturated/α-hetero) is 1. The summed E-state index contributed by atoms with van der Waals surface area (Å²) in [5.74, 6) is 0.741. The van der Waals surface area contributed by atoms with Crippen LogP contribution in [0.1, 0.15) is 26.7 Å². The van der Waals surface area contributed by atoms with Crippen molar-refractivity contribution in [2.24, 2.45) is 5.92 Å². The highest BCUT2D eigenvalue weighted by Gasteiger charge is 2.17. The van der Waals surface area contributed by atoms with Gasteiger partial charge in [-0.3, -0.25) is 8.98 Å². The normalized spacial score (nSPS) is 11.6. The van der Waals surface area contributed by atoms with Gasteiger partial charge in [-0.15, -0.1) is 0 Å². The molecule has 0 bridgehead atoms. The molecule has 0 fully saturated rings. The van der Waals surface area contributed by atoms with Gasteiger partial charge in [-0.05, 0) is 36.6 Å². The SMILES string of the molecule is COc1ccc(S(=O)(=O)OCC(=O)CCC(C)C)cc1. The summed E-state index contributed by atoms with van der Waals surface area (Å²) in [6.07, 6.45) is 1.06. The van der Waals surface area contributed by atoms with Gasteiger partial charge < -0.3 is 4.74 Å². The summed E-state index contributed by atoms with van der Waals surface area (Å²) < 4.78 is 33.4. The number of rotatable bonds is 8. The van der Waals surface area contributed by atoms with Crippen LogP contribution in [0.2, 0.25) is 0 Å². The Morgan fingerprint density at radius 1 is 1.20 bits per heavy atom. The molecule has 6 heteroatoms. The number of ether oxygens (including phenoxy) is 1. The second-order valence-electron chi connectivity index (χ2n) is 4.86. The van der Waals surface area contributed by atoms with Gasteiger partial charge in [0.25, 0.3) is 10.1 Å². The summed E-state index contributed by atoms with van der Waals surface area (Å²) in [6, 6.07) is 5.81. The summed E-state index contributed by atoms with van der Waals surface area (Å²) in [7, 11) is -2.40. The van der Waals surface area contributed by atoms with E-state index >= 15 is 0 Å². The van der Waals surface area contributed by atoms with Gasteiger partial charge in [-0.1, -0.05) is 13.8 Å². The van der Waals surface area contributed by atoms with E-state index in [0.29, 0.717) is 18.1 Å². The topological polar surface area (TPSA) is 69.7 Å². The van der Waals surface area contributed by atoms with Gasteiger partial charge in [0.2, 0.25) is 0 Å². The molecule has 0 aliphatic rings. The second-order valence-corrected chi connectivity index (χ2v) is 6.48. The lowest BCUT2D eigenvalue weighted by Gasteiger charge is -2.07. The van der Waals surface area contributed by atoms with Crippen LogP contribution in [0.4, 0.5) is 0 Å². The maximum Gasteiger partial charge on any atom is 0.297 e. The van der Waals surface area contributed by atoms with Crippen LogP contribution in [0.3, 0.4) is 0 Å². The molecular formula is C14H20O5S. The molecule has 0 unspecified atom stereocenters. The fourth-order valence-electron chi connectivity index (χ4n) is 1.48. The Kier molecular flexibility index (Phi) is 6.16. The highest BCUT2D eigenvalue weighted by Crippen LogP contribution is 2.17. The van der Waals surface area contributed by atoms with Crippen molar-refractivity contribution in [3.05, 3.63) is 24.3 Å². The molecule has 0 saturated carbocycles. The molecule has 0 aliphatic heterocycles. The first-order chi connectivity index (χ1) is 9.35. The third kappa shape index (κ3) is 5.30. The molecule has 1 aromatic rings. The van der Waals surface area contributed by atoms with E-state index in [1.807, 2.05) is 13.8 Å². The molecule has 0 atom stereocenters. The van der Waals surface area contributed by atoms with Crippen molar-refractivity contribution in [1.29, 1.82) is 0 Å². The fraction of sp³-hybridized carbons (Fsp3) is 0.500. The number of hydrogen-bond donors (Lipinski definition) is 0. The molecular weight excluding hydrogens is 280 g/mol. The van der Waals surface area contributed by atoms with Crippen molar-refractivity contribution >= 4 is 15.9 Å². The maximum absolute atomic E-state index is 11.9. The molecule has 0 aliphatic carbocycles. The zero-order valence-electron chi connectivity index (χ0n) is 12.0. The molecule has 5 nitrogen and oxygen atoms in total. The Morgan fingerprint density at radius 2 is 1.80 bits per heavy atom. The first-order valence-corrected chi connectivity index (χ1v) is 7.81. The summed E-state index contributed by atoms with van der Waals surface area (Å²) >= 11 is 0. The molecule has 1 rings (SSSR count). The first kappa shape index (κ1) is 16.7. The van der Waals surface area contributed by atoms with E-state index in [9.17, 15) is 13.2 Å². The third-order valence-electron chi connectivity index (χ3n) is 2.72. The number of carbonyl (C=O) groups is 1. The van der Waals surface area contributed by atoms with Crippen molar-refractivity contribution < 1.29 is 22.1 Å². The number of benzene rings is 1. The van der Waals surface area contributed by atoms with Crippen LogP contribution >= 0.6 is 0 Å². The predicted octanol–water partition coefficient (Wildman–Crippen LogP) is 2.41. The summed E-state index contributed by atoms with van der Waals surface area (Å²) in [5, 5.41) is 0. The molecule has 0 spiro atoms. The van der Waals surface area contributed by atoms with Crippen molar-refractivity contribution in [2.45, 2.75) is 31.6 Å². The largest absolute Gasteiger partial charge is 0.497 e. The van der Waals surface area contributed by atoms with Crippen LogP contribution in [0.15, 0.2) is 29.2 Å². The smallest absolute Gasteiger partial charge is 0.297 e. The fourth-order valence-corrected chi connectivity index (χ4v) is 2.37. The lowest BCUT2D eigenvalue weighted by atomic mass is 10.1. The zero-order valence-corrected chi connectivity index (χ0v) is 12.8. The summed E-state index contributed by atoms with van der Waals surface area (Å²) in [5.41, 5.74) is 0. The summed E-state index contributed by atoms with van der Waals surface area (Å²) in [4.78, 5) is 11.5. The van der Waals surface area contributed by atoms with Gasteiger partial charge in [0.1, 0.15) is 12.4 Å². The van der Waals surface area contributed by atoms with Crippen molar-refractivity contribution in [3.63, 3.8) is 0 Å². The zero-order chi connectivity index (χ0) is 15.2. The van der Waals surface area contributed by atoms with E-state index in [2.05, 4.69) is 0 Å². The molecule has 112 valence electrons. The Labute approximate surface area is 120 Å². The van der Waals surface area contributed by atoms with E-state index in [1.54, 1.807) is 0 Å². The van der Waals surface area contributed by atoms with Gasteiger partial charge in [0, 0.05) is 6.42 Å². The van der Waals surface area contributed by atoms with Crippen LogP contribution < -0.4 is 4.74 Å². The lowest BCUT2D eigenvalue weighted by molar-refractivity contribution is -0.121. The van der Waals surface area contributed by atoms with E-state index < -0.39 is 16.7 Å². The Hall–Kier alpha value is -1.40. The maximum atomic E-state index is 11.9. The van der Waals surface area contributed by atoms with Crippen LogP contribution in [-0.2, 0) is 19.1 Å². The molecule has 0 radical (unpaired) electrons. The second kappa shape index (κ2) is 7.40. The van der Waals surface area contributed by atoms with Gasteiger partial charge >= 0.3 is 0 Å². The average molecular weight is 300 g/mol. The van der Waals surface area contributed by atoms with Crippen LogP contribution in [0.5, 0.6) is 5.75 Å². The molecule has 20 heavy (non-hydrogen) atoms. The molecule has 0 aromatic heterocycles. The Balaban J connectivity index is 2.58. The van der Waals surface area contributed by atoms with E-state index in [-0.39, 0.29) is 10.7 Å². The first-order valence-electron chi connectivity index (χ1n) is 6.40. The Morgan fingerprint density at radius 3 is 2.30 bits per heavy atom. The standard InChI is InChI=1S/C14H20O5S/c1-11(2)4-5-12(15)10-19-20(16,17)14-8-6-13(18-3)7-9-14/h6-9,11H,4-5,10H2,1-3H3. The molecule has 0 heterocycles. The van der Waals surface area contributed by atoms with Gasteiger partial charge in [-0.25, -0.2) is 0 Å². The van der Waals surface area contributed by atoms with Gasteiger partial charge in [-0.2, -0.15) is 8.42 Å². The minimum absolute atomic E-state index is 0.00922. The minimum atomic E-state index is -3.90. The van der Waals surface area contributed by atoms with Gasteiger partial charge in [0.15, 0.2) is 5.78 Å². The lowest BCUT2D eigenvalue weighted by Crippen LogP contribution is -2.15. The van der Waals surface area contributed by atoms with E-state index in [0.717, 1.165) is 6.42 Å². The van der Waals surface area contributed by atoms with E-state index in [1.165, 1.54) is 31.4 Å². The number of carbonyl (C=O) groups excluding carboxylic acids is 1. The minimum Gasteiger partial charge on any atom is -0.497 e. The van der Waals surface area contributed by atoms with Gasteiger partial charge in [0.05, 0.1) is 12.0 Å². The number of ketones is 1. The molecule has 0 amide bonds. The number of hydrogen-bond acceptors (Lipinski definition) is 5. The highest BCUT2D eigenvalue weighted by molar-refractivity contribution is 7.86. The summed E-state index contributed by atoms with van der Waals surface area (Å²) in [6.45, 7) is 3.59. The van der Waals surface area contributed by atoms with Crippen LogP contribution in [-0.4, -0.2) is 27.9 Å². The quantitative estimate of drug-likeness (QED) is 0.690. The predicted molar refractivity (Wildman–Crippen MR) is 75.2 cm³/mol. The van der Waals surface area contributed by atoms with Crippen LogP contribution in [0, 0.1) is 5.92 Å². The average Bonchev–Trinajstić information content (AvgIpc) is 2.43. The molecule has 0 saturated heterocycles. The molecule has 1 aromatic carbocycles. The Bertz CT molecular complexity index is 531. The van der Waals surface area contributed by atoms with Crippen molar-refractivity contribution in [1.82, 2.24) is 0 Å². The third-order valence-corrected chi connectivity index (χ3v) is 4.00.